The molecule has 4 amide bonds. The lowest BCUT2D eigenvalue weighted by Gasteiger charge is -2.29. The molecule has 6 nitrogen and oxygen atoms in total. The zero-order valence-electron chi connectivity index (χ0n) is 13.6. The van der Waals surface area contributed by atoms with E-state index >= 15 is 0 Å². The van der Waals surface area contributed by atoms with E-state index in [9.17, 15) is 14.4 Å². The van der Waals surface area contributed by atoms with Crippen molar-refractivity contribution in [1.82, 2.24) is 5.32 Å². The molecule has 1 aliphatic heterocycles. The summed E-state index contributed by atoms with van der Waals surface area (Å²) in [4.78, 5) is 42.2. The summed E-state index contributed by atoms with van der Waals surface area (Å²) in [6.45, 7) is 1.77. The number of anilines is 1. The molecule has 0 bridgehead atoms. The van der Waals surface area contributed by atoms with Crippen LogP contribution in [-0.4, -0.2) is 24.1 Å². The van der Waals surface area contributed by atoms with Gasteiger partial charge in [0.25, 0.3) is 5.91 Å². The predicted molar refractivity (Wildman–Crippen MR) is 103 cm³/mol. The molecule has 0 aliphatic carbocycles. The van der Waals surface area contributed by atoms with Crippen LogP contribution in [0, 0.1) is 12.8 Å². The van der Waals surface area contributed by atoms with Gasteiger partial charge in [-0.3, -0.25) is 19.9 Å². The standard InChI is InChI=1S/C18H13BrClN3O3/c1-10-4-2-3-5-15(10)23-17(25)12(16(24)22-18(23)26)9-21-14-7-6-11(19)8-13(14)20/h2-9,12H,1H3,(H,22,24,26)/t12-/m1/s1. The van der Waals surface area contributed by atoms with E-state index in [1.165, 1.54) is 6.21 Å². The molecular weight excluding hydrogens is 422 g/mol. The lowest BCUT2D eigenvalue weighted by atomic mass is 10.0. The number of nitrogens with one attached hydrogen (secondary N) is 1. The van der Waals surface area contributed by atoms with Gasteiger partial charge in [-0.15, -0.1) is 0 Å². The Morgan fingerprint density at radius 2 is 1.92 bits per heavy atom. The molecule has 0 saturated carbocycles. The minimum absolute atomic E-state index is 0.367. The van der Waals surface area contributed by atoms with Gasteiger partial charge in [0.1, 0.15) is 0 Å². The van der Waals surface area contributed by atoms with Crippen molar-refractivity contribution in [2.45, 2.75) is 6.92 Å². The molecule has 26 heavy (non-hydrogen) atoms. The number of para-hydroxylation sites is 1. The predicted octanol–water partition coefficient (Wildman–Crippen LogP) is 4.01. The first-order chi connectivity index (χ1) is 12.4. The number of halogens is 2. The van der Waals surface area contributed by atoms with Crippen LogP contribution in [-0.2, 0) is 9.59 Å². The Labute approximate surface area is 163 Å². The van der Waals surface area contributed by atoms with Crippen LogP contribution in [0.15, 0.2) is 51.9 Å². The molecule has 0 spiro atoms. The minimum Gasteiger partial charge on any atom is -0.276 e. The van der Waals surface area contributed by atoms with E-state index in [0.717, 1.165) is 14.9 Å². The van der Waals surface area contributed by atoms with Gasteiger partial charge in [0.2, 0.25) is 5.91 Å². The van der Waals surface area contributed by atoms with Crippen molar-refractivity contribution in [2.24, 2.45) is 10.9 Å². The van der Waals surface area contributed by atoms with Crippen molar-refractivity contribution in [3.8, 4) is 0 Å². The summed E-state index contributed by atoms with van der Waals surface area (Å²) in [6, 6.07) is 11.2. The fourth-order valence-electron chi connectivity index (χ4n) is 2.51. The summed E-state index contributed by atoms with van der Waals surface area (Å²) < 4.78 is 0.782. The lowest BCUT2D eigenvalue weighted by Crippen LogP contribution is -2.58. The van der Waals surface area contributed by atoms with Crippen LogP contribution in [0.4, 0.5) is 16.2 Å². The fraction of sp³-hybridized carbons (Fsp3) is 0.111. The first kappa shape index (κ1) is 18.3. The summed E-state index contributed by atoms with van der Waals surface area (Å²) in [5.74, 6) is -2.61. The molecule has 3 rings (SSSR count). The molecule has 1 heterocycles. The number of rotatable bonds is 3. The number of benzene rings is 2. The van der Waals surface area contributed by atoms with Crippen molar-refractivity contribution < 1.29 is 14.4 Å². The van der Waals surface area contributed by atoms with Gasteiger partial charge in [0, 0.05) is 10.7 Å². The Morgan fingerprint density at radius 3 is 2.62 bits per heavy atom. The Balaban J connectivity index is 1.93. The Hall–Kier alpha value is -2.51. The SMILES string of the molecule is Cc1ccccc1N1C(=O)NC(=O)[C@@H](C=Nc2ccc(Br)cc2Cl)C1=O. The maximum absolute atomic E-state index is 12.8. The number of barbiturate groups is 1. The highest BCUT2D eigenvalue weighted by Gasteiger charge is 2.40. The second-order valence-electron chi connectivity index (χ2n) is 5.61. The Bertz CT molecular complexity index is 945. The molecule has 1 atom stereocenters. The third-order valence-corrected chi connectivity index (χ3v) is 4.63. The van der Waals surface area contributed by atoms with Gasteiger partial charge in [-0.1, -0.05) is 45.7 Å². The summed E-state index contributed by atoms with van der Waals surface area (Å²) >= 11 is 9.39. The maximum atomic E-state index is 12.8. The number of urea groups is 1. The van der Waals surface area contributed by atoms with Crippen LogP contribution in [0.3, 0.4) is 0 Å². The lowest BCUT2D eigenvalue weighted by molar-refractivity contribution is -0.131. The minimum atomic E-state index is -1.23. The van der Waals surface area contributed by atoms with Gasteiger partial charge < -0.3 is 0 Å². The second-order valence-corrected chi connectivity index (χ2v) is 6.93. The molecule has 2 aromatic rings. The number of carbonyl (C=O) groups excluding carboxylic acids is 3. The molecule has 1 saturated heterocycles. The van der Waals surface area contributed by atoms with E-state index in [1.54, 1.807) is 49.4 Å². The molecule has 1 fully saturated rings. The van der Waals surface area contributed by atoms with Gasteiger partial charge in [-0.05, 0) is 36.8 Å². The van der Waals surface area contributed by atoms with Gasteiger partial charge >= 0.3 is 6.03 Å². The monoisotopic (exact) mass is 433 g/mol. The quantitative estimate of drug-likeness (QED) is 0.585. The molecule has 1 N–H and O–H groups in total. The number of aryl methyl sites for hydroxylation is 1. The highest BCUT2D eigenvalue weighted by Crippen LogP contribution is 2.29. The normalized spacial score (nSPS) is 17.7. The summed E-state index contributed by atoms with van der Waals surface area (Å²) in [6.07, 6.45) is 1.20. The van der Waals surface area contributed by atoms with E-state index in [-0.39, 0.29) is 0 Å². The van der Waals surface area contributed by atoms with Crippen molar-refractivity contribution in [3.63, 3.8) is 0 Å². The van der Waals surface area contributed by atoms with Crippen molar-refractivity contribution in [1.29, 1.82) is 0 Å². The topological polar surface area (TPSA) is 78.8 Å². The first-order valence-corrected chi connectivity index (χ1v) is 8.79. The molecule has 2 aromatic carbocycles. The maximum Gasteiger partial charge on any atom is 0.335 e. The number of aliphatic imine (C=N–C) groups is 1. The molecule has 8 heteroatoms. The van der Waals surface area contributed by atoms with Crippen LogP contribution < -0.4 is 10.2 Å². The van der Waals surface area contributed by atoms with E-state index in [2.05, 4.69) is 26.2 Å². The second kappa shape index (κ2) is 7.39. The largest absolute Gasteiger partial charge is 0.335 e. The smallest absolute Gasteiger partial charge is 0.276 e. The number of imide groups is 2. The summed E-state index contributed by atoms with van der Waals surface area (Å²) in [5.41, 5.74) is 1.56. The Morgan fingerprint density at radius 1 is 1.19 bits per heavy atom. The van der Waals surface area contributed by atoms with E-state index in [1.807, 2.05) is 0 Å². The molecule has 132 valence electrons. The highest BCUT2D eigenvalue weighted by atomic mass is 79.9. The van der Waals surface area contributed by atoms with E-state index in [4.69, 9.17) is 11.6 Å². The zero-order valence-corrected chi connectivity index (χ0v) is 15.9. The third kappa shape index (κ3) is 3.54. The highest BCUT2D eigenvalue weighted by molar-refractivity contribution is 9.10. The number of nitrogens with zero attached hydrogens (tertiary/aromatic N) is 2. The number of carbonyl (C=O) groups is 3. The van der Waals surface area contributed by atoms with Gasteiger partial charge in [0.15, 0.2) is 5.92 Å². The van der Waals surface area contributed by atoms with Crippen LogP contribution in [0.25, 0.3) is 0 Å². The molecule has 0 radical (unpaired) electrons. The number of hydrogen-bond acceptors (Lipinski definition) is 4. The average molecular weight is 435 g/mol. The molecule has 0 aromatic heterocycles. The van der Waals surface area contributed by atoms with Gasteiger partial charge in [-0.25, -0.2) is 9.69 Å². The fourth-order valence-corrected chi connectivity index (χ4v) is 3.23. The zero-order chi connectivity index (χ0) is 18.8. The van der Waals surface area contributed by atoms with Crippen LogP contribution in [0.5, 0.6) is 0 Å². The van der Waals surface area contributed by atoms with Gasteiger partial charge in [-0.2, -0.15) is 0 Å². The Kier molecular flexibility index (Phi) is 5.20. The number of amides is 4. The van der Waals surface area contributed by atoms with Crippen molar-refractivity contribution in [2.75, 3.05) is 4.90 Å². The van der Waals surface area contributed by atoms with Crippen LogP contribution >= 0.6 is 27.5 Å². The molecule has 1 aliphatic rings. The van der Waals surface area contributed by atoms with Crippen LogP contribution in [0.1, 0.15) is 5.56 Å². The molecular formula is C18H13BrClN3O3. The summed E-state index contributed by atoms with van der Waals surface area (Å²) in [7, 11) is 0. The third-order valence-electron chi connectivity index (χ3n) is 3.83. The molecule has 0 unspecified atom stereocenters. The van der Waals surface area contributed by atoms with E-state index < -0.39 is 23.8 Å². The number of hydrogen-bond donors (Lipinski definition) is 1. The van der Waals surface area contributed by atoms with Gasteiger partial charge in [0.05, 0.1) is 16.4 Å². The average Bonchev–Trinajstić information content (AvgIpc) is 2.57. The van der Waals surface area contributed by atoms with Crippen molar-refractivity contribution >= 4 is 63.0 Å². The first-order valence-electron chi connectivity index (χ1n) is 7.62. The van der Waals surface area contributed by atoms with Crippen LogP contribution in [0.2, 0.25) is 5.02 Å². The summed E-state index contributed by atoms with van der Waals surface area (Å²) in [5, 5.41) is 2.56. The van der Waals surface area contributed by atoms with E-state index in [0.29, 0.717) is 16.4 Å². The van der Waals surface area contributed by atoms with Crippen molar-refractivity contribution in [3.05, 3.63) is 57.5 Å².